The molecule has 0 bridgehead atoms. The van der Waals surface area contributed by atoms with Gasteiger partial charge in [0.15, 0.2) is 5.82 Å². The average Bonchev–Trinajstić information content (AvgIpc) is 3.76. The number of nitrogens with zero attached hydrogens (tertiary/aromatic N) is 3. The normalized spacial score (nSPS) is 11.5. The van der Waals surface area contributed by atoms with Gasteiger partial charge in [-0.2, -0.15) is 0 Å². The zero-order valence-corrected chi connectivity index (χ0v) is 34.9. The van der Waals surface area contributed by atoms with Gasteiger partial charge in [-0.25, -0.2) is 15.0 Å². The van der Waals surface area contributed by atoms with Gasteiger partial charge in [-0.05, 0) is 57.6 Å². The van der Waals surface area contributed by atoms with E-state index in [0.29, 0.717) is 5.82 Å². The highest BCUT2D eigenvalue weighted by Crippen LogP contribution is 2.44. The van der Waals surface area contributed by atoms with E-state index in [9.17, 15) is 0 Å². The van der Waals surface area contributed by atoms with Crippen LogP contribution in [0.5, 0.6) is 0 Å². The van der Waals surface area contributed by atoms with E-state index < -0.39 is 0 Å². The Morgan fingerprint density at radius 3 is 1.41 bits per heavy atom. The van der Waals surface area contributed by atoms with E-state index in [1.807, 2.05) is 23.5 Å². The van der Waals surface area contributed by atoms with Crippen LogP contribution in [0.3, 0.4) is 0 Å². The zero-order chi connectivity index (χ0) is 41.7. The van der Waals surface area contributed by atoms with Crippen molar-refractivity contribution in [3.05, 3.63) is 224 Å². The molecule has 0 atom stereocenters. The molecular weight excluding hydrogens is 783 g/mol. The highest BCUT2D eigenvalue weighted by Gasteiger charge is 2.17. The first kappa shape index (κ1) is 36.8. The first-order valence-corrected chi connectivity index (χ1v) is 22.1. The van der Waals surface area contributed by atoms with E-state index in [1.54, 1.807) is 0 Å². The van der Waals surface area contributed by atoms with Crippen LogP contribution in [-0.4, -0.2) is 15.0 Å². The molecule has 0 fully saturated rings. The summed E-state index contributed by atoms with van der Waals surface area (Å²) in [5, 5.41) is 6.22. The number of hydrogen-bond donors (Lipinski definition) is 0. The number of benzene rings is 9. The fourth-order valence-electron chi connectivity index (χ4n) is 8.89. The van der Waals surface area contributed by atoms with Crippen LogP contribution in [0.1, 0.15) is 0 Å². The maximum atomic E-state index is 5.32. The SMILES string of the molecule is c1ccc(-c2ccc(-c3cc(-c4ccc(-c5cccc(-c6nc7ccccc7c7c6ccc6c8ccccc8sc67)c5)cc4)nc(-c4ccc(-c5ccccc5)cc4)n3)cc2)cc1. The molecule has 0 unspecified atom stereocenters. The number of fused-ring (bicyclic) bond motifs is 7. The maximum Gasteiger partial charge on any atom is 0.160 e. The molecule has 3 aromatic heterocycles. The van der Waals surface area contributed by atoms with Crippen molar-refractivity contribution in [2.24, 2.45) is 0 Å². The van der Waals surface area contributed by atoms with Crippen molar-refractivity contribution in [1.29, 1.82) is 0 Å². The molecule has 12 aromatic rings. The average molecular weight is 820 g/mol. The summed E-state index contributed by atoms with van der Waals surface area (Å²) in [7, 11) is 0. The van der Waals surface area contributed by atoms with Gasteiger partial charge in [0.1, 0.15) is 0 Å². The number of pyridine rings is 1. The van der Waals surface area contributed by atoms with E-state index in [-0.39, 0.29) is 0 Å². The minimum Gasteiger partial charge on any atom is -0.247 e. The van der Waals surface area contributed by atoms with Crippen molar-refractivity contribution in [2.45, 2.75) is 0 Å². The molecule has 294 valence electrons. The third-order valence-electron chi connectivity index (χ3n) is 12.1. The quantitative estimate of drug-likeness (QED) is 0.150. The Bertz CT molecular complexity index is 3530. The molecule has 12 rings (SSSR count). The fraction of sp³-hybridized carbons (Fsp3) is 0. The summed E-state index contributed by atoms with van der Waals surface area (Å²) in [6, 6.07) is 79.6. The number of hydrogen-bond acceptors (Lipinski definition) is 4. The smallest absolute Gasteiger partial charge is 0.160 e. The standard InChI is InChI=1S/C59H37N3S/c1-3-12-38(13-4-1)40-22-28-43(29-23-40)53-37-54(62-59(61-53)45-32-26-41(27-33-45)39-14-5-2-6-15-39)44-30-24-42(25-31-44)46-16-11-17-47(36-46)57-51-35-34-49-48-18-8-10-21-55(48)63-58(49)56(51)50-19-7-9-20-52(50)60-57/h1-37H. The predicted molar refractivity (Wildman–Crippen MR) is 266 cm³/mol. The van der Waals surface area contributed by atoms with E-state index in [1.165, 1.54) is 53.0 Å². The highest BCUT2D eigenvalue weighted by molar-refractivity contribution is 7.26. The molecular formula is C59H37N3S. The van der Waals surface area contributed by atoms with Crippen LogP contribution >= 0.6 is 11.3 Å². The largest absolute Gasteiger partial charge is 0.247 e. The van der Waals surface area contributed by atoms with Crippen molar-refractivity contribution in [3.8, 4) is 78.5 Å². The van der Waals surface area contributed by atoms with Gasteiger partial charge in [-0.3, -0.25) is 0 Å². The lowest BCUT2D eigenvalue weighted by Crippen LogP contribution is -1.96. The van der Waals surface area contributed by atoms with Gasteiger partial charge in [0.05, 0.1) is 22.6 Å². The molecule has 0 aliphatic rings. The first-order chi connectivity index (χ1) is 31.2. The highest BCUT2D eigenvalue weighted by atomic mass is 32.1. The predicted octanol–water partition coefficient (Wildman–Crippen LogP) is 16.2. The molecule has 9 aromatic carbocycles. The zero-order valence-electron chi connectivity index (χ0n) is 34.1. The molecule has 0 N–H and O–H groups in total. The molecule has 0 aliphatic heterocycles. The summed E-state index contributed by atoms with van der Waals surface area (Å²) in [5.41, 5.74) is 14.8. The maximum absolute atomic E-state index is 5.32. The Hall–Kier alpha value is -8.05. The third-order valence-corrected chi connectivity index (χ3v) is 13.3. The van der Waals surface area contributed by atoms with Gasteiger partial charge in [0.25, 0.3) is 0 Å². The summed E-state index contributed by atoms with van der Waals surface area (Å²) in [4.78, 5) is 15.7. The van der Waals surface area contributed by atoms with Gasteiger partial charge in [0.2, 0.25) is 0 Å². The van der Waals surface area contributed by atoms with Crippen LogP contribution in [-0.2, 0) is 0 Å². The molecule has 0 spiro atoms. The van der Waals surface area contributed by atoms with E-state index in [0.717, 1.165) is 61.5 Å². The summed E-state index contributed by atoms with van der Waals surface area (Å²) >= 11 is 1.87. The Labute approximate surface area is 369 Å². The molecule has 0 saturated carbocycles. The van der Waals surface area contributed by atoms with Crippen molar-refractivity contribution in [3.63, 3.8) is 0 Å². The fourth-order valence-corrected chi connectivity index (χ4v) is 10.2. The number of thiophene rings is 1. The number of para-hydroxylation sites is 1. The van der Waals surface area contributed by atoms with Crippen LogP contribution in [0.25, 0.3) is 120 Å². The summed E-state index contributed by atoms with van der Waals surface area (Å²) in [6.45, 7) is 0. The Kier molecular flexibility index (Phi) is 9.02. The van der Waals surface area contributed by atoms with Crippen LogP contribution < -0.4 is 0 Å². The first-order valence-electron chi connectivity index (χ1n) is 21.2. The van der Waals surface area contributed by atoms with E-state index in [4.69, 9.17) is 15.0 Å². The van der Waals surface area contributed by atoms with Crippen LogP contribution in [0.4, 0.5) is 0 Å². The monoisotopic (exact) mass is 819 g/mol. The summed E-state index contributed by atoms with van der Waals surface area (Å²) in [6.07, 6.45) is 0. The molecule has 3 heterocycles. The number of aromatic nitrogens is 3. The topological polar surface area (TPSA) is 38.7 Å². The molecule has 0 saturated heterocycles. The molecule has 4 heteroatoms. The molecule has 0 amide bonds. The lowest BCUT2D eigenvalue weighted by molar-refractivity contribution is 1.18. The van der Waals surface area contributed by atoms with Gasteiger partial charge >= 0.3 is 0 Å². The Morgan fingerprint density at radius 2 is 0.762 bits per heavy atom. The second-order valence-corrected chi connectivity index (χ2v) is 17.0. The van der Waals surface area contributed by atoms with Crippen molar-refractivity contribution in [1.82, 2.24) is 15.0 Å². The van der Waals surface area contributed by atoms with Crippen molar-refractivity contribution in [2.75, 3.05) is 0 Å². The third kappa shape index (κ3) is 6.74. The summed E-state index contributed by atoms with van der Waals surface area (Å²) < 4.78 is 2.61. The number of rotatable bonds is 7. The van der Waals surface area contributed by atoms with Gasteiger partial charge in [-0.1, -0.05) is 200 Å². The molecule has 0 aliphatic carbocycles. The second-order valence-electron chi connectivity index (χ2n) is 15.9. The van der Waals surface area contributed by atoms with Crippen LogP contribution in [0, 0.1) is 0 Å². The molecule has 0 radical (unpaired) electrons. The minimum absolute atomic E-state index is 0.689. The molecule has 3 nitrogen and oxygen atoms in total. The van der Waals surface area contributed by atoms with Crippen LogP contribution in [0.15, 0.2) is 224 Å². The van der Waals surface area contributed by atoms with E-state index >= 15 is 0 Å². The molecule has 63 heavy (non-hydrogen) atoms. The van der Waals surface area contributed by atoms with E-state index in [2.05, 4.69) is 212 Å². The van der Waals surface area contributed by atoms with Crippen molar-refractivity contribution >= 4 is 53.2 Å². The Morgan fingerprint density at radius 1 is 0.286 bits per heavy atom. The minimum atomic E-state index is 0.689. The Balaban J connectivity index is 0.923. The lowest BCUT2D eigenvalue weighted by atomic mass is 9.95. The van der Waals surface area contributed by atoms with Gasteiger partial charge in [-0.15, -0.1) is 11.3 Å². The second kappa shape index (κ2) is 15.4. The van der Waals surface area contributed by atoms with Crippen LogP contribution in [0.2, 0.25) is 0 Å². The van der Waals surface area contributed by atoms with Gasteiger partial charge < -0.3 is 0 Å². The summed E-state index contributed by atoms with van der Waals surface area (Å²) in [5.74, 6) is 0.689. The van der Waals surface area contributed by atoms with Crippen molar-refractivity contribution < 1.29 is 0 Å². The van der Waals surface area contributed by atoms with Gasteiger partial charge in [0, 0.05) is 58.6 Å². The lowest BCUT2D eigenvalue weighted by Gasteiger charge is -2.13.